The van der Waals surface area contributed by atoms with Crippen LogP contribution in [0, 0.1) is 11.3 Å². The maximum atomic E-state index is 11.5. The maximum absolute atomic E-state index is 11.5. The first-order valence-corrected chi connectivity index (χ1v) is 8.23. The molecular weight excluding hydrogens is 256 g/mol. The van der Waals surface area contributed by atoms with Gasteiger partial charge in [0, 0.05) is 19.1 Å². The molecule has 5 nitrogen and oxygen atoms in total. The maximum Gasteiger partial charge on any atom is 0.150 e. The highest BCUT2D eigenvalue weighted by molar-refractivity contribution is 7.91. The molecule has 108 valence electrons. The molecule has 1 aliphatic heterocycles. The number of rotatable bonds is 8. The molecular formula is C12H24O5S. The van der Waals surface area contributed by atoms with Gasteiger partial charge in [-0.2, -0.15) is 0 Å². The molecule has 0 radical (unpaired) electrons. The predicted molar refractivity (Wildman–Crippen MR) is 69.1 cm³/mol. The zero-order valence-electron chi connectivity index (χ0n) is 11.0. The first kappa shape index (κ1) is 15.9. The van der Waals surface area contributed by atoms with E-state index >= 15 is 0 Å². The largest absolute Gasteiger partial charge is 0.396 e. The third kappa shape index (κ3) is 3.91. The minimum absolute atomic E-state index is 0.0956. The summed E-state index contributed by atoms with van der Waals surface area (Å²) in [6.45, 7) is 0.337. The van der Waals surface area contributed by atoms with E-state index in [1.165, 1.54) is 0 Å². The van der Waals surface area contributed by atoms with E-state index in [0.29, 0.717) is 19.4 Å². The van der Waals surface area contributed by atoms with Crippen molar-refractivity contribution in [1.29, 1.82) is 0 Å². The summed E-state index contributed by atoms with van der Waals surface area (Å²) in [5.41, 5.74) is -0.655. The molecule has 0 saturated carbocycles. The highest BCUT2D eigenvalue weighted by atomic mass is 32.2. The lowest BCUT2D eigenvalue weighted by molar-refractivity contribution is 0.00200. The number of aliphatic hydroxyl groups excluding tert-OH is 2. The molecule has 0 aliphatic carbocycles. The topological polar surface area (TPSA) is 83.8 Å². The highest BCUT2D eigenvalue weighted by Crippen LogP contribution is 2.39. The van der Waals surface area contributed by atoms with Crippen LogP contribution < -0.4 is 0 Å². The van der Waals surface area contributed by atoms with Crippen LogP contribution in [-0.2, 0) is 14.6 Å². The van der Waals surface area contributed by atoms with Gasteiger partial charge in [-0.25, -0.2) is 8.42 Å². The van der Waals surface area contributed by atoms with Crippen molar-refractivity contribution in [2.45, 2.75) is 25.7 Å². The van der Waals surface area contributed by atoms with Crippen LogP contribution in [0.15, 0.2) is 0 Å². The Morgan fingerprint density at radius 2 is 1.94 bits per heavy atom. The first-order valence-electron chi connectivity index (χ1n) is 6.41. The molecule has 2 N–H and O–H groups in total. The van der Waals surface area contributed by atoms with E-state index in [4.69, 9.17) is 4.74 Å². The lowest BCUT2D eigenvalue weighted by atomic mass is 9.72. The SMILES string of the molecule is COCCCCC(CO)(CO)C1CCS(=O)(=O)C1. The molecule has 1 heterocycles. The monoisotopic (exact) mass is 280 g/mol. The van der Waals surface area contributed by atoms with Gasteiger partial charge in [0.2, 0.25) is 0 Å². The van der Waals surface area contributed by atoms with Crippen molar-refractivity contribution in [3.8, 4) is 0 Å². The summed E-state index contributed by atoms with van der Waals surface area (Å²) in [4.78, 5) is 0. The second-order valence-corrected chi connectivity index (χ2v) is 7.46. The fourth-order valence-corrected chi connectivity index (χ4v) is 4.62. The van der Waals surface area contributed by atoms with E-state index in [1.54, 1.807) is 7.11 Å². The first-order chi connectivity index (χ1) is 8.49. The molecule has 0 bridgehead atoms. The molecule has 1 fully saturated rings. The predicted octanol–water partition coefficient (Wildman–Crippen LogP) is 0.209. The van der Waals surface area contributed by atoms with Gasteiger partial charge in [-0.3, -0.25) is 0 Å². The minimum atomic E-state index is -2.98. The Hall–Kier alpha value is -0.170. The van der Waals surface area contributed by atoms with Crippen LogP contribution in [0.1, 0.15) is 25.7 Å². The van der Waals surface area contributed by atoms with Crippen LogP contribution in [0.4, 0.5) is 0 Å². The van der Waals surface area contributed by atoms with Crippen LogP contribution in [-0.4, -0.2) is 57.1 Å². The third-order valence-electron chi connectivity index (χ3n) is 4.00. The van der Waals surface area contributed by atoms with Crippen molar-refractivity contribution < 1.29 is 23.4 Å². The molecule has 0 aromatic heterocycles. The summed E-state index contributed by atoms with van der Waals surface area (Å²) < 4.78 is 28.0. The number of unbranched alkanes of at least 4 members (excludes halogenated alkanes) is 1. The van der Waals surface area contributed by atoms with E-state index in [0.717, 1.165) is 12.8 Å². The van der Waals surface area contributed by atoms with Gasteiger partial charge in [-0.05, 0) is 25.2 Å². The van der Waals surface area contributed by atoms with Gasteiger partial charge in [0.1, 0.15) is 0 Å². The minimum Gasteiger partial charge on any atom is -0.396 e. The van der Waals surface area contributed by atoms with E-state index < -0.39 is 15.3 Å². The van der Waals surface area contributed by atoms with Gasteiger partial charge in [0.25, 0.3) is 0 Å². The van der Waals surface area contributed by atoms with Crippen molar-refractivity contribution in [3.63, 3.8) is 0 Å². The van der Waals surface area contributed by atoms with Crippen LogP contribution >= 0.6 is 0 Å². The molecule has 18 heavy (non-hydrogen) atoms. The number of hydrogen-bond acceptors (Lipinski definition) is 5. The van der Waals surface area contributed by atoms with Crippen LogP contribution in [0.25, 0.3) is 0 Å². The zero-order chi connectivity index (χ0) is 13.6. The molecule has 0 amide bonds. The summed E-state index contributed by atoms with van der Waals surface area (Å²) in [5, 5.41) is 19.2. The second-order valence-electron chi connectivity index (χ2n) is 5.23. The van der Waals surface area contributed by atoms with E-state index in [9.17, 15) is 18.6 Å². The quantitative estimate of drug-likeness (QED) is 0.621. The average molecular weight is 280 g/mol. The van der Waals surface area contributed by atoms with Gasteiger partial charge in [-0.15, -0.1) is 0 Å². The number of ether oxygens (including phenoxy) is 1. The third-order valence-corrected chi connectivity index (χ3v) is 5.77. The van der Waals surface area contributed by atoms with Gasteiger partial charge >= 0.3 is 0 Å². The number of aliphatic hydroxyl groups is 2. The molecule has 1 rings (SSSR count). The Balaban J connectivity index is 2.62. The Morgan fingerprint density at radius 3 is 2.39 bits per heavy atom. The van der Waals surface area contributed by atoms with Gasteiger partial charge < -0.3 is 14.9 Å². The van der Waals surface area contributed by atoms with E-state index in [2.05, 4.69) is 0 Å². The number of sulfone groups is 1. The molecule has 1 unspecified atom stereocenters. The second kappa shape index (κ2) is 6.84. The van der Waals surface area contributed by atoms with Crippen molar-refractivity contribution in [1.82, 2.24) is 0 Å². The van der Waals surface area contributed by atoms with E-state index in [-0.39, 0.29) is 30.6 Å². The Kier molecular flexibility index (Phi) is 6.04. The molecule has 0 spiro atoms. The molecule has 1 saturated heterocycles. The van der Waals surface area contributed by atoms with Crippen LogP contribution in [0.5, 0.6) is 0 Å². The Labute approximate surface area is 109 Å². The van der Waals surface area contributed by atoms with Gasteiger partial charge in [0.05, 0.1) is 24.7 Å². The number of methoxy groups -OCH3 is 1. The Morgan fingerprint density at radius 1 is 1.28 bits per heavy atom. The van der Waals surface area contributed by atoms with E-state index in [1.807, 2.05) is 0 Å². The van der Waals surface area contributed by atoms with Crippen LogP contribution in [0.2, 0.25) is 0 Å². The van der Waals surface area contributed by atoms with Gasteiger partial charge in [-0.1, -0.05) is 6.42 Å². The van der Waals surface area contributed by atoms with Crippen molar-refractivity contribution in [2.75, 3.05) is 38.4 Å². The summed E-state index contributed by atoms with van der Waals surface area (Å²) in [6.07, 6.45) is 2.88. The van der Waals surface area contributed by atoms with Crippen molar-refractivity contribution in [3.05, 3.63) is 0 Å². The molecule has 0 aromatic carbocycles. The Bertz CT molecular complexity index is 334. The normalized spacial score (nSPS) is 23.4. The summed E-state index contributed by atoms with van der Waals surface area (Å²) in [6, 6.07) is 0. The molecule has 1 aliphatic rings. The summed E-state index contributed by atoms with van der Waals surface area (Å²) in [7, 11) is -1.35. The molecule has 1 atom stereocenters. The van der Waals surface area contributed by atoms with Crippen molar-refractivity contribution in [2.24, 2.45) is 11.3 Å². The molecule has 0 aromatic rings. The average Bonchev–Trinajstić information content (AvgIpc) is 2.71. The summed E-state index contributed by atoms with van der Waals surface area (Å²) >= 11 is 0. The highest BCUT2D eigenvalue weighted by Gasteiger charge is 2.43. The fourth-order valence-electron chi connectivity index (χ4n) is 2.67. The molecule has 6 heteroatoms. The standard InChI is InChI=1S/C12H24O5S/c1-17-6-3-2-5-12(9-13,10-14)11-4-7-18(15,16)8-11/h11,13-14H,2-10H2,1H3. The van der Waals surface area contributed by atoms with Crippen molar-refractivity contribution >= 4 is 9.84 Å². The van der Waals surface area contributed by atoms with Crippen LogP contribution in [0.3, 0.4) is 0 Å². The summed E-state index contributed by atoms with van der Waals surface area (Å²) in [5.74, 6) is 0.149. The fraction of sp³-hybridized carbons (Fsp3) is 1.00. The number of hydrogen-bond donors (Lipinski definition) is 2. The van der Waals surface area contributed by atoms with Gasteiger partial charge in [0.15, 0.2) is 9.84 Å². The lowest BCUT2D eigenvalue weighted by Crippen LogP contribution is -2.39. The lowest BCUT2D eigenvalue weighted by Gasteiger charge is -2.35. The smallest absolute Gasteiger partial charge is 0.150 e. The zero-order valence-corrected chi connectivity index (χ0v) is 11.8.